The summed E-state index contributed by atoms with van der Waals surface area (Å²) in [5.74, 6) is 1.79. The normalized spacial score (nSPS) is 16.4. The number of Topliss-reactive ketones (excluding diaryl/α,β-unsaturated/α-hetero) is 1. The maximum Gasteiger partial charge on any atom is 0.287 e. The van der Waals surface area contributed by atoms with Crippen molar-refractivity contribution in [2.75, 3.05) is 6.61 Å². The summed E-state index contributed by atoms with van der Waals surface area (Å²) in [6, 6.07) is 7.22. The predicted octanol–water partition coefficient (Wildman–Crippen LogP) is 5.38. The number of benzene rings is 1. The van der Waals surface area contributed by atoms with Gasteiger partial charge < -0.3 is 18.9 Å². The molecule has 2 aromatic heterocycles. The molecular formula is C24H27NO5. The minimum Gasteiger partial charge on any atom is -0.490 e. The number of fused-ring (bicyclic) bond motifs is 2. The molecule has 0 saturated carbocycles. The first-order valence-electron chi connectivity index (χ1n) is 10.3. The first-order valence-corrected chi connectivity index (χ1v) is 10.3. The van der Waals surface area contributed by atoms with Crippen molar-refractivity contribution < 1.29 is 23.2 Å². The fourth-order valence-corrected chi connectivity index (χ4v) is 4.17. The summed E-state index contributed by atoms with van der Waals surface area (Å²) in [7, 11) is 0. The highest BCUT2D eigenvalue weighted by atomic mass is 16.5. The van der Waals surface area contributed by atoms with Gasteiger partial charge in [-0.15, -0.1) is 0 Å². The fraction of sp³-hybridized carbons (Fsp3) is 0.417. The van der Waals surface area contributed by atoms with Crippen LogP contribution >= 0.6 is 0 Å². The average molecular weight is 409 g/mol. The Kier molecular flexibility index (Phi) is 4.96. The van der Waals surface area contributed by atoms with Crippen LogP contribution in [0, 0.1) is 12.3 Å². The zero-order valence-corrected chi connectivity index (χ0v) is 18.0. The van der Waals surface area contributed by atoms with Gasteiger partial charge in [0.15, 0.2) is 22.9 Å². The van der Waals surface area contributed by atoms with Crippen molar-refractivity contribution in [3.8, 4) is 5.75 Å². The molecule has 1 atom stereocenters. The third kappa shape index (κ3) is 3.51. The molecule has 0 bridgehead atoms. The Morgan fingerprint density at radius 3 is 2.77 bits per heavy atom. The van der Waals surface area contributed by atoms with E-state index in [2.05, 4.69) is 5.32 Å². The van der Waals surface area contributed by atoms with Crippen molar-refractivity contribution >= 4 is 22.7 Å². The first kappa shape index (κ1) is 20.3. The Labute approximate surface area is 175 Å². The Morgan fingerprint density at radius 1 is 1.27 bits per heavy atom. The lowest BCUT2D eigenvalue weighted by Gasteiger charge is -2.27. The van der Waals surface area contributed by atoms with Gasteiger partial charge in [0.25, 0.3) is 5.91 Å². The molecule has 2 heterocycles. The third-order valence-electron chi connectivity index (χ3n) is 5.58. The van der Waals surface area contributed by atoms with E-state index >= 15 is 0 Å². The quantitative estimate of drug-likeness (QED) is 0.612. The van der Waals surface area contributed by atoms with E-state index < -0.39 is 0 Å². The number of amides is 1. The summed E-state index contributed by atoms with van der Waals surface area (Å²) in [5.41, 5.74) is 1.67. The molecule has 30 heavy (non-hydrogen) atoms. The fourth-order valence-electron chi connectivity index (χ4n) is 4.17. The molecule has 1 N–H and O–H groups in total. The summed E-state index contributed by atoms with van der Waals surface area (Å²) < 4.78 is 17.5. The summed E-state index contributed by atoms with van der Waals surface area (Å²) in [6.45, 7) is 10.1. The number of carbonyl (C=O) groups excluding carboxylic acids is 2. The number of rotatable bonds is 5. The molecule has 0 radical (unpaired) electrons. The van der Waals surface area contributed by atoms with Gasteiger partial charge in [0.2, 0.25) is 0 Å². The summed E-state index contributed by atoms with van der Waals surface area (Å²) in [6.07, 6.45) is 1.10. The minimum absolute atomic E-state index is 0.0373. The van der Waals surface area contributed by atoms with E-state index in [9.17, 15) is 9.59 Å². The Hall–Kier alpha value is -3.02. The number of carbonyl (C=O) groups is 2. The monoisotopic (exact) mass is 409 g/mol. The van der Waals surface area contributed by atoms with Crippen molar-refractivity contribution in [3.05, 3.63) is 52.7 Å². The van der Waals surface area contributed by atoms with Crippen LogP contribution in [0.2, 0.25) is 0 Å². The summed E-state index contributed by atoms with van der Waals surface area (Å²) >= 11 is 0. The summed E-state index contributed by atoms with van der Waals surface area (Å²) in [5, 5.41) is 3.84. The molecule has 1 unspecified atom stereocenters. The van der Waals surface area contributed by atoms with Gasteiger partial charge in [-0.05, 0) is 38.3 Å². The van der Waals surface area contributed by atoms with Gasteiger partial charge in [-0.3, -0.25) is 9.59 Å². The zero-order chi connectivity index (χ0) is 21.6. The molecule has 1 aliphatic carbocycles. The molecular weight excluding hydrogens is 382 g/mol. The average Bonchev–Trinajstić information content (AvgIpc) is 3.23. The molecule has 0 fully saturated rings. The van der Waals surface area contributed by atoms with E-state index in [1.54, 1.807) is 6.92 Å². The number of nitrogens with one attached hydrogen (secondary N) is 1. The Bertz CT molecular complexity index is 1130. The molecule has 1 aromatic carbocycles. The Morgan fingerprint density at radius 2 is 2.03 bits per heavy atom. The molecule has 3 aromatic rings. The lowest BCUT2D eigenvalue weighted by Crippen LogP contribution is -2.27. The highest BCUT2D eigenvalue weighted by molar-refractivity contribution is 6.03. The van der Waals surface area contributed by atoms with Crippen molar-refractivity contribution in [2.24, 2.45) is 5.41 Å². The molecule has 1 aliphatic rings. The van der Waals surface area contributed by atoms with Crippen LogP contribution in [0.5, 0.6) is 5.75 Å². The van der Waals surface area contributed by atoms with E-state index in [0.29, 0.717) is 53.4 Å². The van der Waals surface area contributed by atoms with Crippen molar-refractivity contribution in [1.82, 2.24) is 5.32 Å². The van der Waals surface area contributed by atoms with E-state index in [0.717, 1.165) is 5.39 Å². The van der Waals surface area contributed by atoms with Crippen molar-refractivity contribution in [2.45, 2.75) is 53.5 Å². The SMILES string of the molecule is CCOc1cccc2cc(C(C)NC(=O)c3oc4c(c3C)C(=O)CC(C)(C)C4)oc12. The molecule has 158 valence electrons. The molecule has 0 spiro atoms. The van der Waals surface area contributed by atoms with Gasteiger partial charge in [-0.2, -0.15) is 0 Å². The molecule has 1 amide bonds. The lowest BCUT2D eigenvalue weighted by molar-refractivity contribution is 0.0882. The second-order valence-electron chi connectivity index (χ2n) is 8.75. The first-order chi connectivity index (χ1) is 14.2. The summed E-state index contributed by atoms with van der Waals surface area (Å²) in [4.78, 5) is 25.5. The second kappa shape index (κ2) is 7.35. The van der Waals surface area contributed by atoms with E-state index in [-0.39, 0.29) is 28.9 Å². The zero-order valence-electron chi connectivity index (χ0n) is 18.0. The van der Waals surface area contributed by atoms with Gasteiger partial charge in [-0.25, -0.2) is 0 Å². The van der Waals surface area contributed by atoms with Crippen LogP contribution in [-0.4, -0.2) is 18.3 Å². The van der Waals surface area contributed by atoms with Crippen LogP contribution in [0.1, 0.15) is 78.2 Å². The highest BCUT2D eigenvalue weighted by Crippen LogP contribution is 2.38. The van der Waals surface area contributed by atoms with Gasteiger partial charge in [0, 0.05) is 23.8 Å². The molecule has 6 heteroatoms. The van der Waals surface area contributed by atoms with Crippen LogP contribution < -0.4 is 10.1 Å². The largest absolute Gasteiger partial charge is 0.490 e. The minimum atomic E-state index is -0.381. The maximum absolute atomic E-state index is 12.9. The number of ketones is 1. The standard InChI is InChI=1S/C24H27NO5/c1-6-28-17-9-7-8-15-10-18(29-22(15)17)14(3)25-23(27)21-13(2)20-16(26)11-24(4,5)12-19(20)30-21/h7-10,14H,6,11-12H2,1-5H3,(H,25,27). The topological polar surface area (TPSA) is 81.7 Å². The van der Waals surface area contributed by atoms with Crippen molar-refractivity contribution in [1.29, 1.82) is 0 Å². The van der Waals surface area contributed by atoms with Crippen molar-refractivity contribution in [3.63, 3.8) is 0 Å². The van der Waals surface area contributed by atoms with Gasteiger partial charge in [0.05, 0.1) is 18.2 Å². The van der Waals surface area contributed by atoms with Crippen LogP contribution in [0.4, 0.5) is 0 Å². The molecule has 4 rings (SSSR count). The van der Waals surface area contributed by atoms with E-state index in [1.807, 2.05) is 52.0 Å². The number of ether oxygens (including phenoxy) is 1. The number of hydrogen-bond donors (Lipinski definition) is 1. The van der Waals surface area contributed by atoms with Crippen LogP contribution in [0.3, 0.4) is 0 Å². The molecule has 6 nitrogen and oxygen atoms in total. The van der Waals surface area contributed by atoms with Crippen LogP contribution in [0.25, 0.3) is 11.0 Å². The van der Waals surface area contributed by atoms with Gasteiger partial charge >= 0.3 is 0 Å². The number of furan rings is 2. The van der Waals surface area contributed by atoms with Gasteiger partial charge in [0.1, 0.15) is 11.5 Å². The predicted molar refractivity (Wildman–Crippen MR) is 113 cm³/mol. The second-order valence-corrected chi connectivity index (χ2v) is 8.75. The van der Waals surface area contributed by atoms with Crippen LogP contribution in [-0.2, 0) is 6.42 Å². The Balaban J connectivity index is 1.58. The number of hydrogen-bond acceptors (Lipinski definition) is 5. The van der Waals surface area contributed by atoms with Gasteiger partial charge in [-0.1, -0.05) is 26.0 Å². The lowest BCUT2D eigenvalue weighted by atomic mass is 9.76. The highest BCUT2D eigenvalue weighted by Gasteiger charge is 2.37. The smallest absolute Gasteiger partial charge is 0.287 e. The van der Waals surface area contributed by atoms with Crippen LogP contribution in [0.15, 0.2) is 33.1 Å². The van der Waals surface area contributed by atoms with E-state index in [4.69, 9.17) is 13.6 Å². The number of para-hydroxylation sites is 1. The molecule has 0 saturated heterocycles. The third-order valence-corrected chi connectivity index (χ3v) is 5.58. The van der Waals surface area contributed by atoms with E-state index in [1.165, 1.54) is 0 Å². The maximum atomic E-state index is 12.9. The molecule has 0 aliphatic heterocycles.